The van der Waals surface area contributed by atoms with Gasteiger partial charge < -0.3 is 9.13 Å². The first-order valence-electron chi connectivity index (χ1n) is 19.6. The number of hydrogen-bond donors (Lipinski definition) is 0. The van der Waals surface area contributed by atoms with Gasteiger partial charge in [-0.15, -0.1) is 0 Å². The van der Waals surface area contributed by atoms with Crippen molar-refractivity contribution in [3.63, 3.8) is 0 Å². The Morgan fingerprint density at radius 1 is 0.357 bits per heavy atom. The number of benzene rings is 8. The smallest absolute Gasteiger partial charge is 0.0619 e. The number of hydrogen-bond acceptors (Lipinski definition) is 0. The summed E-state index contributed by atoms with van der Waals surface area (Å²) in [4.78, 5) is 0. The Balaban J connectivity index is 1.14. The summed E-state index contributed by atoms with van der Waals surface area (Å²) in [5.74, 6) is 0. The van der Waals surface area contributed by atoms with Gasteiger partial charge in [-0.05, 0) is 112 Å². The number of allylic oxidation sites excluding steroid dienone is 1. The molecule has 0 atom stereocenters. The average Bonchev–Trinajstić information content (AvgIpc) is 3.81. The first-order valence-corrected chi connectivity index (χ1v) is 19.6. The number of nitrogens with zero attached hydrogens (tertiary/aromatic N) is 2. The molecular weight excluding hydrogens is 677 g/mol. The Kier molecular flexibility index (Phi) is 7.67. The predicted molar refractivity (Wildman–Crippen MR) is 237 cm³/mol. The van der Waals surface area contributed by atoms with Gasteiger partial charge in [0.15, 0.2) is 0 Å². The van der Waals surface area contributed by atoms with Gasteiger partial charge in [-0.25, -0.2) is 0 Å². The molecule has 0 radical (unpaired) electrons. The van der Waals surface area contributed by atoms with Gasteiger partial charge in [0, 0.05) is 44.4 Å². The van der Waals surface area contributed by atoms with Crippen molar-refractivity contribution in [2.45, 2.75) is 12.8 Å². The van der Waals surface area contributed by atoms with Crippen LogP contribution in [0.15, 0.2) is 200 Å². The molecule has 264 valence electrons. The summed E-state index contributed by atoms with van der Waals surface area (Å²) in [5, 5.41) is 3.85. The maximum atomic E-state index is 2.48. The fourth-order valence-electron chi connectivity index (χ4n) is 9.07. The van der Waals surface area contributed by atoms with E-state index in [-0.39, 0.29) is 0 Å². The molecule has 0 saturated carbocycles. The van der Waals surface area contributed by atoms with Crippen LogP contribution in [0, 0.1) is 0 Å². The Labute approximate surface area is 326 Å². The van der Waals surface area contributed by atoms with Crippen LogP contribution in [0.2, 0.25) is 0 Å². The third-order valence-electron chi connectivity index (χ3n) is 11.6. The Morgan fingerprint density at radius 2 is 0.875 bits per heavy atom. The molecule has 1 aliphatic carbocycles. The van der Waals surface area contributed by atoms with Crippen LogP contribution in [-0.2, 0) is 6.42 Å². The molecule has 11 rings (SSSR count). The van der Waals surface area contributed by atoms with E-state index in [1.165, 1.54) is 94.2 Å². The summed E-state index contributed by atoms with van der Waals surface area (Å²) in [7, 11) is 0. The summed E-state index contributed by atoms with van der Waals surface area (Å²) in [6, 6.07) is 71.1. The number of para-hydroxylation sites is 5. The van der Waals surface area contributed by atoms with Gasteiger partial charge in [-0.2, -0.15) is 0 Å². The molecule has 8 aromatic carbocycles. The molecule has 2 aromatic heterocycles. The Hall–Kier alpha value is -7.16. The standard InChI is InChI=1S/C54H38N2/c1-4-17-37(18-5-1)40-34-41(36-42(35-40)46-28-16-30-50-48-26-11-13-32-52(48)56(54(46)50)44-23-8-3-9-24-44)38-19-14-20-39(33-38)45-27-15-29-49-47-25-10-12-31-51(47)55(53(45)49)43-21-6-2-7-22-43/h1-9,11-24,26-36H,10,25H2. The normalized spacial score (nSPS) is 12.4. The molecule has 0 spiro atoms. The molecule has 0 amide bonds. The highest BCUT2D eigenvalue weighted by Crippen LogP contribution is 2.43. The fraction of sp³-hybridized carbons (Fsp3) is 0.0370. The molecule has 56 heavy (non-hydrogen) atoms. The highest BCUT2D eigenvalue weighted by atomic mass is 15.0. The van der Waals surface area contributed by atoms with Crippen molar-refractivity contribution >= 4 is 38.8 Å². The number of fused-ring (bicyclic) bond motifs is 6. The Bertz CT molecular complexity index is 3110. The lowest BCUT2D eigenvalue weighted by Gasteiger charge is -2.16. The van der Waals surface area contributed by atoms with Crippen molar-refractivity contribution in [1.82, 2.24) is 9.13 Å². The fourth-order valence-corrected chi connectivity index (χ4v) is 9.07. The lowest BCUT2D eigenvalue weighted by Crippen LogP contribution is -2.00. The predicted octanol–water partition coefficient (Wildman–Crippen LogP) is 14.4. The largest absolute Gasteiger partial charge is 0.309 e. The molecule has 0 aliphatic heterocycles. The molecule has 0 unspecified atom stereocenters. The minimum Gasteiger partial charge on any atom is -0.309 e. The van der Waals surface area contributed by atoms with E-state index >= 15 is 0 Å². The third-order valence-corrected chi connectivity index (χ3v) is 11.6. The lowest BCUT2D eigenvalue weighted by molar-refractivity contribution is 0.968. The SMILES string of the molecule is C1=Cc2c(c3cccc(-c4cccc(-c5cc(-c6ccccc6)cc(-c6cccc7c8ccccc8n(-c8ccccc8)c67)c5)c4)c3n2-c2ccccc2)CC1. The molecule has 0 bridgehead atoms. The van der Waals surface area contributed by atoms with E-state index in [0.29, 0.717) is 0 Å². The third kappa shape index (κ3) is 5.26. The molecule has 0 saturated heterocycles. The minimum atomic E-state index is 1.05. The second-order valence-corrected chi connectivity index (χ2v) is 14.8. The van der Waals surface area contributed by atoms with Gasteiger partial charge in [-0.1, -0.05) is 146 Å². The number of rotatable bonds is 6. The summed E-state index contributed by atoms with van der Waals surface area (Å²) < 4.78 is 4.91. The van der Waals surface area contributed by atoms with Crippen molar-refractivity contribution in [3.05, 3.63) is 211 Å². The quantitative estimate of drug-likeness (QED) is 0.162. The first-order chi connectivity index (χ1) is 27.8. The zero-order chi connectivity index (χ0) is 37.0. The van der Waals surface area contributed by atoms with Crippen LogP contribution in [0.3, 0.4) is 0 Å². The lowest BCUT2D eigenvalue weighted by atomic mass is 9.91. The maximum absolute atomic E-state index is 2.48. The average molecular weight is 715 g/mol. The molecule has 0 N–H and O–H groups in total. The summed E-state index contributed by atoms with van der Waals surface area (Å²) in [6.45, 7) is 0. The summed E-state index contributed by atoms with van der Waals surface area (Å²) in [6.07, 6.45) is 6.76. The summed E-state index contributed by atoms with van der Waals surface area (Å²) >= 11 is 0. The molecule has 1 aliphatic rings. The molecule has 2 nitrogen and oxygen atoms in total. The van der Waals surface area contributed by atoms with Crippen molar-refractivity contribution in [1.29, 1.82) is 0 Å². The molecule has 2 heteroatoms. The van der Waals surface area contributed by atoms with Crippen molar-refractivity contribution in [3.8, 4) is 55.9 Å². The van der Waals surface area contributed by atoms with Gasteiger partial charge in [0.2, 0.25) is 0 Å². The number of aromatic nitrogens is 2. The Morgan fingerprint density at radius 3 is 1.64 bits per heavy atom. The monoisotopic (exact) mass is 714 g/mol. The van der Waals surface area contributed by atoms with Gasteiger partial charge in [0.25, 0.3) is 0 Å². The summed E-state index contributed by atoms with van der Waals surface area (Å²) in [5.41, 5.74) is 18.4. The van der Waals surface area contributed by atoms with E-state index in [4.69, 9.17) is 0 Å². The van der Waals surface area contributed by atoms with Gasteiger partial charge in [0.05, 0.1) is 16.6 Å². The van der Waals surface area contributed by atoms with E-state index < -0.39 is 0 Å². The second-order valence-electron chi connectivity index (χ2n) is 14.8. The maximum Gasteiger partial charge on any atom is 0.0619 e. The van der Waals surface area contributed by atoms with Crippen LogP contribution < -0.4 is 0 Å². The molecule has 2 heterocycles. The van der Waals surface area contributed by atoms with Crippen LogP contribution in [0.4, 0.5) is 0 Å². The van der Waals surface area contributed by atoms with Crippen molar-refractivity contribution in [2.75, 3.05) is 0 Å². The van der Waals surface area contributed by atoms with E-state index in [2.05, 4.69) is 215 Å². The van der Waals surface area contributed by atoms with Crippen LogP contribution in [-0.4, -0.2) is 9.13 Å². The van der Waals surface area contributed by atoms with E-state index in [1.54, 1.807) is 0 Å². The minimum absolute atomic E-state index is 1.05. The molecular formula is C54H38N2. The van der Waals surface area contributed by atoms with Gasteiger partial charge in [0.1, 0.15) is 0 Å². The van der Waals surface area contributed by atoms with Crippen LogP contribution in [0.1, 0.15) is 17.7 Å². The first kappa shape index (κ1) is 32.3. The van der Waals surface area contributed by atoms with Gasteiger partial charge >= 0.3 is 0 Å². The highest BCUT2D eigenvalue weighted by Gasteiger charge is 2.22. The van der Waals surface area contributed by atoms with Crippen molar-refractivity contribution in [2.24, 2.45) is 0 Å². The zero-order valence-corrected chi connectivity index (χ0v) is 30.9. The highest BCUT2D eigenvalue weighted by molar-refractivity contribution is 6.14. The van der Waals surface area contributed by atoms with E-state index in [0.717, 1.165) is 18.5 Å². The van der Waals surface area contributed by atoms with E-state index in [9.17, 15) is 0 Å². The molecule has 0 fully saturated rings. The van der Waals surface area contributed by atoms with Crippen molar-refractivity contribution < 1.29 is 0 Å². The topological polar surface area (TPSA) is 9.86 Å². The zero-order valence-electron chi connectivity index (χ0n) is 30.9. The van der Waals surface area contributed by atoms with Crippen LogP contribution >= 0.6 is 0 Å². The van der Waals surface area contributed by atoms with E-state index in [1.807, 2.05) is 0 Å². The number of aryl methyl sites for hydroxylation is 1. The second kappa shape index (κ2) is 13.3. The van der Waals surface area contributed by atoms with Crippen LogP contribution in [0.5, 0.6) is 0 Å². The van der Waals surface area contributed by atoms with Gasteiger partial charge in [-0.3, -0.25) is 0 Å². The molecule has 10 aromatic rings. The van der Waals surface area contributed by atoms with Crippen LogP contribution in [0.25, 0.3) is 94.7 Å².